The summed E-state index contributed by atoms with van der Waals surface area (Å²) in [6.07, 6.45) is -0.594. The van der Waals surface area contributed by atoms with Gasteiger partial charge < -0.3 is 14.6 Å². The first-order valence-electron chi connectivity index (χ1n) is 3.22. The largest absolute Gasteiger partial charge is 0.481 e. The van der Waals surface area contributed by atoms with Crippen molar-refractivity contribution < 1.29 is 29.0 Å². The van der Waals surface area contributed by atoms with Crippen LogP contribution in [0.15, 0.2) is 0 Å². The SMILES string of the molecule is O=C(O)CCC(=O)OCOC(=O)Cl. The van der Waals surface area contributed by atoms with Gasteiger partial charge in [0.15, 0.2) is 0 Å². The lowest BCUT2D eigenvalue weighted by Crippen LogP contribution is -2.10. The van der Waals surface area contributed by atoms with Crippen molar-refractivity contribution in [1.82, 2.24) is 0 Å². The standard InChI is InChI=1S/C6H7ClO6/c7-6(11)13-3-12-5(10)2-1-4(8)9/h1-3H2,(H,8,9). The molecule has 13 heavy (non-hydrogen) atoms. The number of hydrogen-bond donors (Lipinski definition) is 1. The minimum absolute atomic E-state index is 0.269. The minimum Gasteiger partial charge on any atom is -0.481 e. The third kappa shape index (κ3) is 8.61. The van der Waals surface area contributed by atoms with Crippen molar-refractivity contribution in [3.63, 3.8) is 0 Å². The molecule has 74 valence electrons. The Hall–Kier alpha value is -1.30. The maximum atomic E-state index is 10.6. The number of rotatable bonds is 5. The molecule has 0 spiro atoms. The van der Waals surface area contributed by atoms with Crippen molar-refractivity contribution in [1.29, 1.82) is 0 Å². The van der Waals surface area contributed by atoms with E-state index in [0.29, 0.717) is 0 Å². The molecule has 1 N–H and O–H groups in total. The number of esters is 1. The Morgan fingerprint density at radius 3 is 2.23 bits per heavy atom. The zero-order chi connectivity index (χ0) is 10.3. The highest BCUT2D eigenvalue weighted by Crippen LogP contribution is 1.94. The average molecular weight is 211 g/mol. The van der Waals surface area contributed by atoms with E-state index < -0.39 is 24.2 Å². The Kier molecular flexibility index (Phi) is 5.62. The molecule has 0 aliphatic heterocycles. The first kappa shape index (κ1) is 11.7. The summed E-state index contributed by atoms with van der Waals surface area (Å²) in [6.45, 7) is -0.596. The quantitative estimate of drug-likeness (QED) is 0.409. The summed E-state index contributed by atoms with van der Waals surface area (Å²) in [5.74, 6) is -1.87. The molecule has 0 aromatic carbocycles. The molecule has 0 aliphatic carbocycles. The normalized spacial score (nSPS) is 9.00. The van der Waals surface area contributed by atoms with Crippen LogP contribution >= 0.6 is 11.6 Å². The Morgan fingerprint density at radius 2 is 1.77 bits per heavy atom. The maximum absolute atomic E-state index is 10.6. The van der Waals surface area contributed by atoms with E-state index in [2.05, 4.69) is 9.47 Å². The van der Waals surface area contributed by atoms with Crippen molar-refractivity contribution in [2.45, 2.75) is 12.8 Å². The van der Waals surface area contributed by atoms with Crippen LogP contribution in [0.4, 0.5) is 4.79 Å². The topological polar surface area (TPSA) is 89.9 Å². The van der Waals surface area contributed by atoms with Crippen LogP contribution in [-0.2, 0) is 19.1 Å². The molecule has 0 aromatic heterocycles. The van der Waals surface area contributed by atoms with Crippen LogP contribution in [0.5, 0.6) is 0 Å². The summed E-state index contributed by atoms with van der Waals surface area (Å²) >= 11 is 4.74. The van der Waals surface area contributed by atoms with Crippen molar-refractivity contribution in [2.75, 3.05) is 6.79 Å². The fourth-order valence-corrected chi connectivity index (χ4v) is 0.467. The van der Waals surface area contributed by atoms with Gasteiger partial charge in [-0.25, -0.2) is 4.79 Å². The lowest BCUT2D eigenvalue weighted by atomic mass is 10.3. The number of carbonyl (C=O) groups excluding carboxylic acids is 2. The number of halogens is 1. The Labute approximate surface area is 78.4 Å². The summed E-state index contributed by atoms with van der Waals surface area (Å²) in [5, 5.41) is 8.16. The predicted molar refractivity (Wildman–Crippen MR) is 40.2 cm³/mol. The van der Waals surface area contributed by atoms with Gasteiger partial charge >= 0.3 is 17.4 Å². The van der Waals surface area contributed by atoms with E-state index in [1.165, 1.54) is 0 Å². The summed E-state index contributed by atoms with van der Waals surface area (Å²) in [7, 11) is 0. The van der Waals surface area contributed by atoms with Gasteiger partial charge in [-0.15, -0.1) is 0 Å². The molecule has 7 heteroatoms. The van der Waals surface area contributed by atoms with Gasteiger partial charge in [0, 0.05) is 11.6 Å². The Bertz CT molecular complexity index is 213. The first-order valence-corrected chi connectivity index (χ1v) is 3.60. The smallest absolute Gasteiger partial charge is 0.406 e. The molecule has 0 aromatic rings. The van der Waals surface area contributed by atoms with Gasteiger partial charge in [-0.1, -0.05) is 0 Å². The van der Waals surface area contributed by atoms with Crippen LogP contribution in [0.1, 0.15) is 12.8 Å². The molecule has 0 atom stereocenters. The Balaban J connectivity index is 3.41. The van der Waals surface area contributed by atoms with Crippen LogP contribution in [-0.4, -0.2) is 29.3 Å². The van der Waals surface area contributed by atoms with Gasteiger partial charge in [0.25, 0.3) is 0 Å². The summed E-state index contributed by atoms with van der Waals surface area (Å²) in [4.78, 5) is 30.5. The average Bonchev–Trinajstić information content (AvgIpc) is 2.00. The number of aliphatic carboxylic acids is 1. The number of ether oxygens (including phenoxy) is 2. The number of carboxylic acid groups (broad SMARTS) is 1. The highest BCUT2D eigenvalue weighted by molar-refractivity contribution is 6.61. The van der Waals surface area contributed by atoms with Gasteiger partial charge in [0.05, 0.1) is 12.8 Å². The van der Waals surface area contributed by atoms with E-state index in [1.807, 2.05) is 0 Å². The van der Waals surface area contributed by atoms with E-state index in [9.17, 15) is 14.4 Å². The van der Waals surface area contributed by atoms with Crippen LogP contribution in [0, 0.1) is 0 Å². The van der Waals surface area contributed by atoms with E-state index in [1.54, 1.807) is 0 Å². The van der Waals surface area contributed by atoms with Crippen molar-refractivity contribution >= 4 is 29.0 Å². The van der Waals surface area contributed by atoms with Gasteiger partial charge in [-0.2, -0.15) is 0 Å². The number of hydrogen-bond acceptors (Lipinski definition) is 5. The molecule has 0 saturated carbocycles. The molecule has 6 nitrogen and oxygen atoms in total. The van der Waals surface area contributed by atoms with E-state index in [4.69, 9.17) is 16.7 Å². The Morgan fingerprint density at radius 1 is 1.15 bits per heavy atom. The summed E-state index contributed by atoms with van der Waals surface area (Å²) in [5.41, 5.74) is -1.09. The van der Waals surface area contributed by atoms with Crippen LogP contribution in [0.25, 0.3) is 0 Å². The van der Waals surface area contributed by atoms with Gasteiger partial charge in [0.2, 0.25) is 6.79 Å². The monoisotopic (exact) mass is 210 g/mol. The lowest BCUT2D eigenvalue weighted by molar-refractivity contribution is -0.154. The van der Waals surface area contributed by atoms with Crippen LogP contribution in [0.2, 0.25) is 0 Å². The molecule has 0 radical (unpaired) electrons. The highest BCUT2D eigenvalue weighted by Gasteiger charge is 2.06. The molecule has 0 aliphatic rings. The zero-order valence-corrected chi connectivity index (χ0v) is 7.24. The van der Waals surface area contributed by atoms with E-state index >= 15 is 0 Å². The molecular weight excluding hydrogens is 204 g/mol. The summed E-state index contributed by atoms with van der Waals surface area (Å²) < 4.78 is 8.33. The molecule has 0 heterocycles. The molecule has 0 bridgehead atoms. The molecule has 0 unspecified atom stereocenters. The second-order valence-corrected chi connectivity index (χ2v) is 2.22. The fraction of sp³-hybridized carbons (Fsp3) is 0.500. The van der Waals surface area contributed by atoms with Crippen LogP contribution < -0.4 is 0 Å². The minimum atomic E-state index is -1.11. The molecule has 0 amide bonds. The molecule has 0 fully saturated rings. The second-order valence-electron chi connectivity index (χ2n) is 1.91. The van der Waals surface area contributed by atoms with E-state index in [0.717, 1.165) is 0 Å². The third-order valence-electron chi connectivity index (χ3n) is 0.935. The highest BCUT2D eigenvalue weighted by atomic mass is 35.5. The maximum Gasteiger partial charge on any atom is 0.406 e. The van der Waals surface area contributed by atoms with E-state index in [-0.39, 0.29) is 12.8 Å². The number of carboxylic acids is 1. The molecule has 0 rings (SSSR count). The van der Waals surface area contributed by atoms with Crippen molar-refractivity contribution in [2.24, 2.45) is 0 Å². The lowest BCUT2D eigenvalue weighted by Gasteiger charge is -2.01. The van der Waals surface area contributed by atoms with Gasteiger partial charge in [0.1, 0.15) is 0 Å². The van der Waals surface area contributed by atoms with Crippen molar-refractivity contribution in [3.8, 4) is 0 Å². The fourth-order valence-electron chi connectivity index (χ4n) is 0.423. The number of carbonyl (C=O) groups is 3. The van der Waals surface area contributed by atoms with Gasteiger partial charge in [-0.05, 0) is 0 Å². The van der Waals surface area contributed by atoms with Crippen molar-refractivity contribution in [3.05, 3.63) is 0 Å². The first-order chi connectivity index (χ1) is 6.02. The van der Waals surface area contributed by atoms with Gasteiger partial charge in [-0.3, -0.25) is 9.59 Å². The second kappa shape index (κ2) is 6.24. The zero-order valence-electron chi connectivity index (χ0n) is 6.49. The predicted octanol–water partition coefficient (Wildman–Crippen LogP) is 0.727. The molecular formula is C6H7ClO6. The third-order valence-corrected chi connectivity index (χ3v) is 1.04. The summed E-state index contributed by atoms with van der Waals surface area (Å²) in [6, 6.07) is 0. The molecule has 0 saturated heterocycles. The van der Waals surface area contributed by atoms with Crippen LogP contribution in [0.3, 0.4) is 0 Å².